The van der Waals surface area contributed by atoms with Gasteiger partial charge in [0.1, 0.15) is 5.75 Å². The highest BCUT2D eigenvalue weighted by molar-refractivity contribution is 5.35. The first-order valence-electron chi connectivity index (χ1n) is 4.12. The fourth-order valence-corrected chi connectivity index (χ4v) is 1.47. The van der Waals surface area contributed by atoms with Gasteiger partial charge in [0, 0.05) is 5.41 Å². The molecule has 0 bridgehead atoms. The predicted molar refractivity (Wildman–Crippen MR) is 45.0 cm³/mol. The van der Waals surface area contributed by atoms with Gasteiger partial charge in [-0.2, -0.15) is 0 Å². The number of halogens is 1. The van der Waals surface area contributed by atoms with Crippen LogP contribution in [-0.4, -0.2) is 11.8 Å². The van der Waals surface area contributed by atoms with Gasteiger partial charge in [-0.15, -0.1) is 0 Å². The summed E-state index contributed by atoms with van der Waals surface area (Å²) >= 11 is 0. The highest BCUT2D eigenvalue weighted by atomic mass is 19.1. The van der Waals surface area contributed by atoms with Gasteiger partial charge in [0.05, 0.1) is 6.67 Å². The summed E-state index contributed by atoms with van der Waals surface area (Å²) < 4.78 is 12.6. The Bertz CT molecular complexity index is 274. The summed E-state index contributed by atoms with van der Waals surface area (Å²) in [4.78, 5) is 0. The number of phenolic OH excluding ortho intramolecular Hbond substituents is 1. The van der Waals surface area contributed by atoms with E-state index in [1.54, 1.807) is 12.1 Å². The quantitative estimate of drug-likeness (QED) is 0.715. The van der Waals surface area contributed by atoms with E-state index in [0.29, 0.717) is 0 Å². The van der Waals surface area contributed by atoms with Crippen LogP contribution in [0.1, 0.15) is 18.4 Å². The van der Waals surface area contributed by atoms with Crippen molar-refractivity contribution in [3.8, 4) is 5.75 Å². The second-order valence-corrected chi connectivity index (χ2v) is 3.46. The van der Waals surface area contributed by atoms with E-state index in [2.05, 4.69) is 0 Å². The molecule has 0 amide bonds. The molecule has 1 nitrogen and oxygen atoms in total. The van der Waals surface area contributed by atoms with Crippen LogP contribution in [0.25, 0.3) is 0 Å². The number of hydrogen-bond donors (Lipinski definition) is 1. The number of alkyl halides is 1. The van der Waals surface area contributed by atoms with Crippen molar-refractivity contribution in [2.75, 3.05) is 6.67 Å². The third kappa shape index (κ3) is 1.07. The summed E-state index contributed by atoms with van der Waals surface area (Å²) in [5, 5.41) is 9.02. The average Bonchev–Trinajstić information content (AvgIpc) is 2.86. The molecule has 2 rings (SSSR count). The Morgan fingerprint density at radius 1 is 1.25 bits per heavy atom. The Kier molecular flexibility index (Phi) is 1.56. The minimum absolute atomic E-state index is 0.201. The molecule has 0 atom stereocenters. The molecule has 64 valence electrons. The number of aromatic hydroxyl groups is 1. The largest absolute Gasteiger partial charge is 0.508 e. The van der Waals surface area contributed by atoms with E-state index in [1.165, 1.54) is 0 Å². The lowest BCUT2D eigenvalue weighted by molar-refractivity contribution is 0.417. The normalized spacial score (nSPS) is 19.1. The van der Waals surface area contributed by atoms with Gasteiger partial charge in [-0.1, -0.05) is 12.1 Å². The SMILES string of the molecule is Oc1ccc(C2(CF)CC2)cc1. The van der Waals surface area contributed by atoms with Crippen molar-refractivity contribution in [3.63, 3.8) is 0 Å². The van der Waals surface area contributed by atoms with Gasteiger partial charge >= 0.3 is 0 Å². The van der Waals surface area contributed by atoms with Crippen LogP contribution in [0, 0.1) is 0 Å². The van der Waals surface area contributed by atoms with Gasteiger partial charge in [-0.25, -0.2) is 0 Å². The van der Waals surface area contributed by atoms with Gasteiger partial charge in [0.25, 0.3) is 0 Å². The van der Waals surface area contributed by atoms with E-state index in [-0.39, 0.29) is 17.8 Å². The molecule has 2 heteroatoms. The van der Waals surface area contributed by atoms with E-state index in [4.69, 9.17) is 5.11 Å². The molecule has 0 aromatic heterocycles. The van der Waals surface area contributed by atoms with E-state index < -0.39 is 0 Å². The van der Waals surface area contributed by atoms with Crippen LogP contribution in [0.3, 0.4) is 0 Å². The molecule has 0 unspecified atom stereocenters. The Balaban J connectivity index is 2.29. The lowest BCUT2D eigenvalue weighted by Crippen LogP contribution is -2.07. The number of hydrogen-bond acceptors (Lipinski definition) is 1. The van der Waals surface area contributed by atoms with Crippen LogP contribution < -0.4 is 0 Å². The molecule has 1 N–H and O–H groups in total. The Labute approximate surface area is 70.8 Å². The van der Waals surface area contributed by atoms with E-state index in [0.717, 1.165) is 18.4 Å². The lowest BCUT2D eigenvalue weighted by atomic mass is 9.98. The fourth-order valence-electron chi connectivity index (χ4n) is 1.47. The maximum Gasteiger partial charge on any atom is 0.115 e. The lowest BCUT2D eigenvalue weighted by Gasteiger charge is -2.09. The molecule has 0 aliphatic heterocycles. The molecule has 1 aliphatic rings. The minimum atomic E-state index is -0.280. The van der Waals surface area contributed by atoms with Crippen molar-refractivity contribution in [3.05, 3.63) is 29.8 Å². The van der Waals surface area contributed by atoms with Crippen LogP contribution in [-0.2, 0) is 5.41 Å². The van der Waals surface area contributed by atoms with Crippen molar-refractivity contribution in [1.82, 2.24) is 0 Å². The van der Waals surface area contributed by atoms with Gasteiger partial charge in [0.15, 0.2) is 0 Å². The molecular weight excluding hydrogens is 155 g/mol. The van der Waals surface area contributed by atoms with Crippen LogP contribution in [0.15, 0.2) is 24.3 Å². The predicted octanol–water partition coefficient (Wildman–Crippen LogP) is 2.39. The Morgan fingerprint density at radius 2 is 1.83 bits per heavy atom. The Hall–Kier alpha value is -1.05. The molecular formula is C10H11FO. The van der Waals surface area contributed by atoms with E-state index >= 15 is 0 Å². The first-order valence-corrected chi connectivity index (χ1v) is 4.12. The van der Waals surface area contributed by atoms with Gasteiger partial charge in [-0.05, 0) is 30.5 Å². The molecule has 0 heterocycles. The van der Waals surface area contributed by atoms with E-state index in [9.17, 15) is 4.39 Å². The Morgan fingerprint density at radius 3 is 2.25 bits per heavy atom. The summed E-state index contributed by atoms with van der Waals surface area (Å²) in [6.07, 6.45) is 1.88. The molecule has 0 radical (unpaired) electrons. The molecule has 1 aliphatic carbocycles. The molecule has 12 heavy (non-hydrogen) atoms. The van der Waals surface area contributed by atoms with Crippen molar-refractivity contribution in [2.24, 2.45) is 0 Å². The summed E-state index contributed by atoms with van der Waals surface area (Å²) in [5.41, 5.74) is 0.816. The molecule has 1 aromatic rings. The molecule has 1 saturated carbocycles. The summed E-state index contributed by atoms with van der Waals surface area (Å²) in [6.45, 7) is -0.280. The molecule has 0 saturated heterocycles. The van der Waals surface area contributed by atoms with Crippen molar-refractivity contribution < 1.29 is 9.50 Å². The van der Waals surface area contributed by atoms with E-state index in [1.807, 2.05) is 12.1 Å². The third-order valence-corrected chi connectivity index (χ3v) is 2.59. The minimum Gasteiger partial charge on any atom is -0.508 e. The fraction of sp³-hybridized carbons (Fsp3) is 0.400. The first kappa shape index (κ1) is 7.59. The maximum absolute atomic E-state index is 12.6. The molecule has 1 fully saturated rings. The second-order valence-electron chi connectivity index (χ2n) is 3.46. The average molecular weight is 166 g/mol. The zero-order valence-electron chi connectivity index (χ0n) is 6.76. The second kappa shape index (κ2) is 2.47. The summed E-state index contributed by atoms with van der Waals surface area (Å²) in [5.74, 6) is 0.244. The van der Waals surface area contributed by atoms with Gasteiger partial charge < -0.3 is 5.11 Å². The number of rotatable bonds is 2. The third-order valence-electron chi connectivity index (χ3n) is 2.59. The monoisotopic (exact) mass is 166 g/mol. The zero-order chi connectivity index (χ0) is 8.60. The highest BCUT2D eigenvalue weighted by Crippen LogP contribution is 2.48. The molecule has 0 spiro atoms. The number of benzene rings is 1. The van der Waals surface area contributed by atoms with Crippen molar-refractivity contribution in [1.29, 1.82) is 0 Å². The first-order chi connectivity index (χ1) is 5.77. The smallest absolute Gasteiger partial charge is 0.115 e. The van der Waals surface area contributed by atoms with Crippen LogP contribution >= 0.6 is 0 Å². The summed E-state index contributed by atoms with van der Waals surface area (Å²) in [7, 11) is 0. The molecule has 1 aromatic carbocycles. The van der Waals surface area contributed by atoms with Gasteiger partial charge in [0.2, 0.25) is 0 Å². The maximum atomic E-state index is 12.6. The van der Waals surface area contributed by atoms with Gasteiger partial charge in [-0.3, -0.25) is 4.39 Å². The van der Waals surface area contributed by atoms with Crippen molar-refractivity contribution >= 4 is 0 Å². The zero-order valence-corrected chi connectivity index (χ0v) is 6.76. The van der Waals surface area contributed by atoms with Crippen LogP contribution in [0.2, 0.25) is 0 Å². The topological polar surface area (TPSA) is 20.2 Å². The van der Waals surface area contributed by atoms with Crippen LogP contribution in [0.5, 0.6) is 5.75 Å². The number of phenols is 1. The highest BCUT2D eigenvalue weighted by Gasteiger charge is 2.44. The standard InChI is InChI=1S/C10H11FO/c11-7-10(5-6-10)8-1-3-9(12)4-2-8/h1-4,12H,5-7H2. The van der Waals surface area contributed by atoms with Crippen molar-refractivity contribution in [2.45, 2.75) is 18.3 Å². The van der Waals surface area contributed by atoms with Crippen LogP contribution in [0.4, 0.5) is 4.39 Å². The summed E-state index contributed by atoms with van der Waals surface area (Å²) in [6, 6.07) is 6.85.